The summed E-state index contributed by atoms with van der Waals surface area (Å²) in [7, 11) is 0. The monoisotopic (exact) mass is 578 g/mol. The van der Waals surface area contributed by atoms with Gasteiger partial charge in [0.2, 0.25) is 0 Å². The number of nitrogens with one attached hydrogen (secondary N) is 2. The van der Waals surface area contributed by atoms with Crippen LogP contribution >= 0.6 is 12.2 Å². The molecule has 8 nitrogen and oxygen atoms in total. The Morgan fingerprint density at radius 1 is 0.881 bits per heavy atom. The zero-order valence-electron chi connectivity index (χ0n) is 24.2. The van der Waals surface area contributed by atoms with Crippen molar-refractivity contribution in [2.24, 2.45) is 0 Å². The lowest BCUT2D eigenvalue weighted by atomic mass is 10.1. The molecular formula is C33H34N6O2S. The second kappa shape index (κ2) is 12.8. The predicted octanol–water partition coefficient (Wildman–Crippen LogP) is 6.59. The number of ether oxygens (including phenoxy) is 1. The summed E-state index contributed by atoms with van der Waals surface area (Å²) >= 11 is 5.48. The normalized spacial score (nSPS) is 10.9. The van der Waals surface area contributed by atoms with Crippen LogP contribution in [-0.2, 0) is 6.61 Å². The number of amides is 1. The van der Waals surface area contributed by atoms with Gasteiger partial charge < -0.3 is 15.0 Å². The molecule has 0 fully saturated rings. The van der Waals surface area contributed by atoms with Crippen LogP contribution < -0.4 is 20.3 Å². The van der Waals surface area contributed by atoms with Gasteiger partial charge in [0.1, 0.15) is 23.4 Å². The molecule has 9 heteroatoms. The molecule has 1 aromatic heterocycles. The molecule has 0 radical (unpaired) electrons. The first-order chi connectivity index (χ1) is 20.3. The van der Waals surface area contributed by atoms with Crippen LogP contribution in [0.3, 0.4) is 0 Å². The molecule has 5 rings (SSSR count). The van der Waals surface area contributed by atoms with E-state index in [9.17, 15) is 4.79 Å². The Kier molecular flexibility index (Phi) is 8.78. The average Bonchev–Trinajstić information content (AvgIpc) is 3.39. The second-order valence-corrected chi connectivity index (χ2v) is 10.4. The quantitative estimate of drug-likeness (QED) is 0.191. The van der Waals surface area contributed by atoms with Gasteiger partial charge >= 0.3 is 0 Å². The zero-order valence-corrected chi connectivity index (χ0v) is 25.0. The Labute approximate surface area is 251 Å². The van der Waals surface area contributed by atoms with Crippen molar-refractivity contribution in [1.29, 1.82) is 0 Å². The smallest absolute Gasteiger partial charge is 0.257 e. The van der Waals surface area contributed by atoms with Crippen LogP contribution in [-0.4, -0.2) is 39.1 Å². The summed E-state index contributed by atoms with van der Waals surface area (Å²) < 4.78 is 5.86. The minimum Gasteiger partial charge on any atom is -0.489 e. The Balaban J connectivity index is 1.26. The number of nitrogens with zero attached hydrogens (tertiary/aromatic N) is 4. The molecule has 214 valence electrons. The molecule has 0 saturated heterocycles. The van der Waals surface area contributed by atoms with Gasteiger partial charge in [0, 0.05) is 30.0 Å². The van der Waals surface area contributed by atoms with Gasteiger partial charge in [0.25, 0.3) is 5.91 Å². The van der Waals surface area contributed by atoms with Crippen molar-refractivity contribution >= 4 is 45.6 Å². The SMILES string of the molecule is CCN(CC)c1ccc(-n2nc3cc(C)c(NC(=S)NC(=O)c4cccc(OCc5ccccc5)c4)cc3n2)c(C)c1. The van der Waals surface area contributed by atoms with E-state index in [-0.39, 0.29) is 11.0 Å². The molecule has 0 aliphatic carbocycles. The van der Waals surface area contributed by atoms with E-state index in [0.29, 0.717) is 23.4 Å². The van der Waals surface area contributed by atoms with Crippen LogP contribution in [0.15, 0.2) is 84.9 Å². The van der Waals surface area contributed by atoms with Crippen molar-refractivity contribution in [2.45, 2.75) is 34.3 Å². The van der Waals surface area contributed by atoms with Crippen molar-refractivity contribution in [3.05, 3.63) is 107 Å². The molecule has 0 spiro atoms. The fraction of sp³-hybridized carbons (Fsp3) is 0.212. The number of rotatable bonds is 9. The molecule has 1 heterocycles. The largest absolute Gasteiger partial charge is 0.489 e. The maximum absolute atomic E-state index is 12.9. The van der Waals surface area contributed by atoms with E-state index in [4.69, 9.17) is 27.2 Å². The number of thiocarbonyl (C=S) groups is 1. The number of hydrogen-bond donors (Lipinski definition) is 2. The maximum Gasteiger partial charge on any atom is 0.257 e. The van der Waals surface area contributed by atoms with E-state index >= 15 is 0 Å². The van der Waals surface area contributed by atoms with Crippen LogP contribution in [0.1, 0.15) is 40.9 Å². The maximum atomic E-state index is 12.9. The van der Waals surface area contributed by atoms with Crippen LogP contribution in [0.25, 0.3) is 16.7 Å². The highest BCUT2D eigenvalue weighted by Gasteiger charge is 2.14. The number of benzene rings is 4. The van der Waals surface area contributed by atoms with Crippen molar-refractivity contribution in [1.82, 2.24) is 20.3 Å². The molecule has 0 aliphatic rings. The summed E-state index contributed by atoms with van der Waals surface area (Å²) in [6.45, 7) is 10.7. The minimum absolute atomic E-state index is 0.188. The molecule has 5 aromatic rings. The van der Waals surface area contributed by atoms with Crippen molar-refractivity contribution < 1.29 is 9.53 Å². The van der Waals surface area contributed by atoms with Gasteiger partial charge in [-0.3, -0.25) is 10.1 Å². The number of carbonyl (C=O) groups excluding carboxylic acids is 1. The van der Waals surface area contributed by atoms with E-state index in [0.717, 1.165) is 46.7 Å². The minimum atomic E-state index is -0.328. The van der Waals surface area contributed by atoms with E-state index in [1.54, 1.807) is 23.0 Å². The molecule has 4 aromatic carbocycles. The summed E-state index contributed by atoms with van der Waals surface area (Å²) in [5.41, 5.74) is 7.85. The van der Waals surface area contributed by atoms with Crippen LogP contribution in [0.5, 0.6) is 5.75 Å². The van der Waals surface area contributed by atoms with Gasteiger partial charge in [-0.2, -0.15) is 4.80 Å². The first-order valence-corrected chi connectivity index (χ1v) is 14.4. The van der Waals surface area contributed by atoms with Gasteiger partial charge in [0.05, 0.1) is 5.69 Å². The summed E-state index contributed by atoms with van der Waals surface area (Å²) in [6.07, 6.45) is 0. The zero-order chi connectivity index (χ0) is 29.6. The molecule has 0 unspecified atom stereocenters. The molecule has 0 atom stereocenters. The van der Waals surface area contributed by atoms with Crippen molar-refractivity contribution in [3.8, 4) is 11.4 Å². The highest BCUT2D eigenvalue weighted by Crippen LogP contribution is 2.25. The Bertz CT molecular complexity index is 1730. The molecule has 0 saturated carbocycles. The average molecular weight is 579 g/mol. The number of aromatic nitrogens is 3. The predicted molar refractivity (Wildman–Crippen MR) is 173 cm³/mol. The van der Waals surface area contributed by atoms with E-state index < -0.39 is 0 Å². The fourth-order valence-corrected chi connectivity index (χ4v) is 4.96. The lowest BCUT2D eigenvalue weighted by molar-refractivity contribution is 0.0977. The van der Waals surface area contributed by atoms with Gasteiger partial charge in [-0.15, -0.1) is 10.2 Å². The van der Waals surface area contributed by atoms with Gasteiger partial charge in [-0.05, 0) is 105 Å². The number of carbonyl (C=O) groups is 1. The van der Waals surface area contributed by atoms with Gasteiger partial charge in [0.15, 0.2) is 5.11 Å². The second-order valence-electron chi connectivity index (χ2n) is 10.00. The summed E-state index contributed by atoms with van der Waals surface area (Å²) in [5.74, 6) is 0.277. The molecule has 1 amide bonds. The van der Waals surface area contributed by atoms with E-state index in [2.05, 4.69) is 54.5 Å². The highest BCUT2D eigenvalue weighted by atomic mass is 32.1. The topological polar surface area (TPSA) is 84.3 Å². The fourth-order valence-electron chi connectivity index (χ4n) is 4.76. The third kappa shape index (κ3) is 6.58. The standard InChI is InChI=1S/C33H34N6O2S/c1-5-38(6-2)26-15-16-31(23(4)17-26)39-36-29-18-22(3)28(20-30(29)37-39)34-33(42)35-32(40)25-13-10-14-27(19-25)41-21-24-11-8-7-9-12-24/h7-20H,5-6,21H2,1-4H3,(H2,34,35,40,42). The van der Waals surface area contributed by atoms with Gasteiger partial charge in [-0.25, -0.2) is 0 Å². The van der Waals surface area contributed by atoms with E-state index in [1.807, 2.05) is 55.5 Å². The number of fused-ring (bicyclic) bond motifs is 1. The Morgan fingerprint density at radius 3 is 2.33 bits per heavy atom. The number of anilines is 2. The first-order valence-electron chi connectivity index (χ1n) is 14.0. The Hall–Kier alpha value is -4.76. The lowest BCUT2D eigenvalue weighted by Gasteiger charge is -2.22. The first kappa shape index (κ1) is 28.8. The molecule has 2 N–H and O–H groups in total. The van der Waals surface area contributed by atoms with E-state index in [1.165, 1.54) is 5.69 Å². The molecule has 0 bridgehead atoms. The Morgan fingerprint density at radius 2 is 1.62 bits per heavy atom. The summed E-state index contributed by atoms with van der Waals surface area (Å²) in [5, 5.41) is 15.5. The summed E-state index contributed by atoms with van der Waals surface area (Å²) in [4.78, 5) is 16.9. The van der Waals surface area contributed by atoms with Crippen LogP contribution in [0, 0.1) is 13.8 Å². The number of hydrogen-bond acceptors (Lipinski definition) is 6. The van der Waals surface area contributed by atoms with Gasteiger partial charge in [-0.1, -0.05) is 36.4 Å². The van der Waals surface area contributed by atoms with Crippen LogP contribution in [0.4, 0.5) is 11.4 Å². The third-order valence-corrected chi connectivity index (χ3v) is 7.27. The highest BCUT2D eigenvalue weighted by molar-refractivity contribution is 7.80. The van der Waals surface area contributed by atoms with Crippen LogP contribution in [0.2, 0.25) is 0 Å². The van der Waals surface area contributed by atoms with Crippen molar-refractivity contribution in [2.75, 3.05) is 23.3 Å². The molecule has 42 heavy (non-hydrogen) atoms. The molecular weight excluding hydrogens is 544 g/mol. The van der Waals surface area contributed by atoms with Crippen molar-refractivity contribution in [3.63, 3.8) is 0 Å². The third-order valence-electron chi connectivity index (χ3n) is 7.07. The number of aryl methyl sites for hydroxylation is 2. The molecule has 0 aliphatic heterocycles. The summed E-state index contributed by atoms with van der Waals surface area (Å²) in [6, 6.07) is 27.1. The lowest BCUT2D eigenvalue weighted by Crippen LogP contribution is -2.34.